The molecule has 0 radical (unpaired) electrons. The fourth-order valence-corrected chi connectivity index (χ4v) is 2.81. The summed E-state index contributed by atoms with van der Waals surface area (Å²) < 4.78 is 0. The number of nitrogens with zero attached hydrogens (tertiary/aromatic N) is 2. The lowest BCUT2D eigenvalue weighted by atomic mass is 9.89. The second kappa shape index (κ2) is 5.96. The van der Waals surface area contributed by atoms with E-state index < -0.39 is 0 Å². The normalized spacial score (nSPS) is 29.7. The van der Waals surface area contributed by atoms with E-state index in [9.17, 15) is 9.59 Å². The molecule has 1 heterocycles. The second-order valence-corrected chi connectivity index (χ2v) is 5.24. The zero-order chi connectivity index (χ0) is 13.0. The Morgan fingerprint density at radius 3 is 2.67 bits per heavy atom. The van der Waals surface area contributed by atoms with E-state index >= 15 is 0 Å². The molecule has 0 bridgehead atoms. The molecular weight excluding hydrogens is 230 g/mol. The van der Waals surface area contributed by atoms with Crippen LogP contribution in [0.15, 0.2) is 0 Å². The van der Waals surface area contributed by atoms with E-state index in [0.29, 0.717) is 13.0 Å². The van der Waals surface area contributed by atoms with E-state index in [1.165, 1.54) is 6.42 Å². The molecule has 1 N–H and O–H groups in total. The summed E-state index contributed by atoms with van der Waals surface area (Å²) in [6.07, 6.45) is 6.69. The smallest absolute Gasteiger partial charge is 0.237 e. The van der Waals surface area contributed by atoms with Crippen molar-refractivity contribution in [2.75, 3.05) is 6.54 Å². The van der Waals surface area contributed by atoms with E-state index in [2.05, 4.69) is 11.5 Å². The van der Waals surface area contributed by atoms with Crippen molar-refractivity contribution in [3.63, 3.8) is 0 Å². The molecule has 1 saturated carbocycles. The van der Waals surface area contributed by atoms with Crippen LogP contribution >= 0.6 is 0 Å². The van der Waals surface area contributed by atoms with Crippen LogP contribution in [0.4, 0.5) is 0 Å². The number of nitrogens with one attached hydrogen (secondary N) is 1. The number of nitriles is 1. The molecule has 98 valence electrons. The maximum atomic E-state index is 12.1. The molecule has 2 fully saturated rings. The monoisotopic (exact) mass is 249 g/mol. The van der Waals surface area contributed by atoms with Gasteiger partial charge in [0.1, 0.15) is 12.3 Å². The van der Waals surface area contributed by atoms with Crippen molar-refractivity contribution in [1.29, 1.82) is 5.26 Å². The van der Waals surface area contributed by atoms with Gasteiger partial charge in [-0.2, -0.15) is 5.26 Å². The third-order valence-electron chi connectivity index (χ3n) is 3.90. The summed E-state index contributed by atoms with van der Waals surface area (Å²) in [6.45, 7) is 0.459. The Morgan fingerprint density at radius 1 is 1.33 bits per heavy atom. The lowest BCUT2D eigenvalue weighted by molar-refractivity contribution is -0.131. The number of rotatable bonds is 3. The van der Waals surface area contributed by atoms with Crippen LogP contribution < -0.4 is 5.43 Å². The maximum Gasteiger partial charge on any atom is 0.237 e. The van der Waals surface area contributed by atoms with Gasteiger partial charge in [0.05, 0.1) is 6.07 Å². The van der Waals surface area contributed by atoms with Gasteiger partial charge in [-0.05, 0) is 19.3 Å². The fourth-order valence-electron chi connectivity index (χ4n) is 2.81. The van der Waals surface area contributed by atoms with Crippen LogP contribution in [0.5, 0.6) is 0 Å². The van der Waals surface area contributed by atoms with Gasteiger partial charge < -0.3 is 4.79 Å². The van der Waals surface area contributed by atoms with Gasteiger partial charge in [-0.3, -0.25) is 10.2 Å². The van der Waals surface area contributed by atoms with Gasteiger partial charge >= 0.3 is 0 Å². The molecule has 0 aromatic rings. The van der Waals surface area contributed by atoms with Crippen molar-refractivity contribution in [3.05, 3.63) is 0 Å². The molecule has 1 aliphatic heterocycles. The summed E-state index contributed by atoms with van der Waals surface area (Å²) >= 11 is 0. The summed E-state index contributed by atoms with van der Waals surface area (Å²) in [5.41, 5.74) is 2.83. The first-order chi connectivity index (χ1) is 8.74. The number of hydrazine groups is 1. The lowest BCUT2D eigenvalue weighted by Crippen LogP contribution is -2.47. The summed E-state index contributed by atoms with van der Waals surface area (Å²) in [4.78, 5) is 22.8. The number of hydrogen-bond donors (Lipinski definition) is 1. The van der Waals surface area contributed by atoms with Gasteiger partial charge in [0.15, 0.2) is 0 Å². The highest BCUT2D eigenvalue weighted by Crippen LogP contribution is 2.25. The first-order valence-corrected chi connectivity index (χ1v) is 6.66. The molecule has 2 unspecified atom stereocenters. The third-order valence-corrected chi connectivity index (χ3v) is 3.90. The molecule has 2 aliphatic rings. The predicted molar refractivity (Wildman–Crippen MR) is 65.0 cm³/mol. The molecule has 1 amide bonds. The summed E-state index contributed by atoms with van der Waals surface area (Å²) in [5.74, 6) is -0.0452. The van der Waals surface area contributed by atoms with Gasteiger partial charge in [-0.15, -0.1) is 0 Å². The van der Waals surface area contributed by atoms with E-state index in [1.807, 2.05) is 0 Å². The number of amides is 1. The molecule has 2 atom stereocenters. The Bertz CT molecular complexity index is 358. The quantitative estimate of drug-likeness (QED) is 0.758. The highest BCUT2D eigenvalue weighted by Gasteiger charge is 2.34. The molecule has 18 heavy (non-hydrogen) atoms. The Hall–Kier alpha value is -1.41. The zero-order valence-electron chi connectivity index (χ0n) is 10.5. The Morgan fingerprint density at radius 2 is 2.06 bits per heavy atom. The molecule has 1 aliphatic carbocycles. The summed E-state index contributed by atoms with van der Waals surface area (Å²) in [7, 11) is 0. The molecule has 5 nitrogen and oxygen atoms in total. The number of carbonyl (C=O) groups excluding carboxylic acids is 2. The highest BCUT2D eigenvalue weighted by atomic mass is 16.2. The molecule has 0 aromatic carbocycles. The van der Waals surface area contributed by atoms with E-state index in [-0.39, 0.29) is 23.8 Å². The third kappa shape index (κ3) is 2.88. The zero-order valence-corrected chi connectivity index (χ0v) is 10.5. The maximum absolute atomic E-state index is 12.1. The number of carbonyl (C=O) groups is 2. The van der Waals surface area contributed by atoms with E-state index in [4.69, 9.17) is 5.26 Å². The molecule has 1 saturated heterocycles. The summed E-state index contributed by atoms with van der Waals surface area (Å²) in [5, 5.41) is 10.6. The van der Waals surface area contributed by atoms with Crippen LogP contribution in [0.1, 0.15) is 38.5 Å². The molecule has 0 spiro atoms. The Labute approximate surface area is 107 Å². The van der Waals surface area contributed by atoms with Crippen molar-refractivity contribution in [1.82, 2.24) is 10.4 Å². The Kier molecular flexibility index (Phi) is 4.32. The van der Waals surface area contributed by atoms with Crippen molar-refractivity contribution >= 4 is 12.2 Å². The number of aldehydes is 1. The minimum atomic E-state index is -0.368. The van der Waals surface area contributed by atoms with Gasteiger partial charge in [-0.25, -0.2) is 5.01 Å². The average molecular weight is 249 g/mol. The van der Waals surface area contributed by atoms with Gasteiger partial charge in [-0.1, -0.05) is 19.3 Å². The second-order valence-electron chi connectivity index (χ2n) is 5.24. The van der Waals surface area contributed by atoms with Crippen LogP contribution in [0, 0.1) is 23.2 Å². The molecular formula is C13H19N3O2. The number of hydrogen-bond acceptors (Lipinski definition) is 4. The van der Waals surface area contributed by atoms with Crippen LogP contribution in [0.3, 0.4) is 0 Å². The Balaban J connectivity index is 1.89. The predicted octanol–water partition coefficient (Wildman–Crippen LogP) is 1.01. The minimum absolute atomic E-state index is 0.0153. The average Bonchev–Trinajstić information content (AvgIpc) is 2.82. The first-order valence-electron chi connectivity index (χ1n) is 6.66. The molecule has 5 heteroatoms. The fraction of sp³-hybridized carbons (Fsp3) is 0.769. The van der Waals surface area contributed by atoms with Crippen molar-refractivity contribution in [3.8, 4) is 6.07 Å². The van der Waals surface area contributed by atoms with Gasteiger partial charge in [0, 0.05) is 18.4 Å². The van der Waals surface area contributed by atoms with E-state index in [0.717, 1.165) is 32.0 Å². The van der Waals surface area contributed by atoms with Crippen molar-refractivity contribution in [2.45, 2.75) is 44.6 Å². The molecule has 0 aromatic heterocycles. The van der Waals surface area contributed by atoms with Gasteiger partial charge in [0.2, 0.25) is 5.91 Å². The standard InChI is InChI=1S/C13H19N3O2/c14-7-12-6-10(9-17)8-16(12)15-13(18)11-4-2-1-3-5-11/h9-12H,1-6,8H2,(H,15,18). The van der Waals surface area contributed by atoms with Crippen LogP contribution in [0.25, 0.3) is 0 Å². The summed E-state index contributed by atoms with van der Waals surface area (Å²) in [6, 6.07) is 1.77. The lowest BCUT2D eigenvalue weighted by Gasteiger charge is -2.26. The minimum Gasteiger partial charge on any atom is -0.303 e. The van der Waals surface area contributed by atoms with Crippen LogP contribution in [-0.4, -0.2) is 29.8 Å². The van der Waals surface area contributed by atoms with Crippen molar-refractivity contribution < 1.29 is 9.59 Å². The SMILES string of the molecule is N#CC1CC(C=O)CN1NC(=O)C1CCCCC1. The largest absolute Gasteiger partial charge is 0.303 e. The van der Waals surface area contributed by atoms with E-state index in [1.54, 1.807) is 5.01 Å². The molecule has 2 rings (SSSR count). The topological polar surface area (TPSA) is 73.2 Å². The van der Waals surface area contributed by atoms with Crippen LogP contribution in [0.2, 0.25) is 0 Å². The highest BCUT2D eigenvalue weighted by molar-refractivity contribution is 5.78. The van der Waals surface area contributed by atoms with Gasteiger partial charge in [0.25, 0.3) is 0 Å². The van der Waals surface area contributed by atoms with Crippen molar-refractivity contribution in [2.24, 2.45) is 11.8 Å². The first kappa shape index (κ1) is 13.0. The van der Waals surface area contributed by atoms with Crippen LogP contribution in [-0.2, 0) is 9.59 Å².